The Morgan fingerprint density at radius 1 is 1.19 bits per heavy atom. The van der Waals surface area contributed by atoms with E-state index in [9.17, 15) is 9.59 Å². The maximum Gasteiger partial charge on any atom is 0.254 e. The zero-order valence-corrected chi connectivity index (χ0v) is 16.4. The van der Waals surface area contributed by atoms with Crippen LogP contribution in [-0.4, -0.2) is 43.2 Å². The summed E-state index contributed by atoms with van der Waals surface area (Å²) in [5.41, 5.74) is 2.17. The smallest absolute Gasteiger partial charge is 0.254 e. The van der Waals surface area contributed by atoms with Crippen LogP contribution in [0.25, 0.3) is 0 Å². The number of nitrogens with zero attached hydrogens (tertiary/aromatic N) is 1. The predicted octanol–water partition coefficient (Wildman–Crippen LogP) is 3.83. The van der Waals surface area contributed by atoms with Gasteiger partial charge >= 0.3 is 0 Å². The van der Waals surface area contributed by atoms with Crippen molar-refractivity contribution < 1.29 is 14.3 Å². The number of ether oxygens (including phenoxy) is 1. The number of hydrogen-bond donors (Lipinski definition) is 1. The summed E-state index contributed by atoms with van der Waals surface area (Å²) in [5, 5.41) is 2.81. The van der Waals surface area contributed by atoms with Gasteiger partial charge in [0.05, 0.1) is 7.11 Å². The molecule has 2 rings (SSSR count). The van der Waals surface area contributed by atoms with Gasteiger partial charge < -0.3 is 15.0 Å². The monoisotopic (exact) mass is 372 g/mol. The van der Waals surface area contributed by atoms with E-state index < -0.39 is 0 Å². The molecule has 0 aliphatic rings. The Morgan fingerprint density at radius 3 is 2.62 bits per heavy atom. The number of thioether (sulfide) groups is 1. The summed E-state index contributed by atoms with van der Waals surface area (Å²) in [6, 6.07) is 12.9. The second-order valence-corrected chi connectivity index (χ2v) is 6.66. The van der Waals surface area contributed by atoms with Crippen molar-refractivity contribution >= 4 is 29.3 Å². The largest absolute Gasteiger partial charge is 0.497 e. The molecule has 2 aromatic carbocycles. The van der Waals surface area contributed by atoms with Crippen LogP contribution in [0.3, 0.4) is 0 Å². The van der Waals surface area contributed by atoms with E-state index in [2.05, 4.69) is 5.32 Å². The highest BCUT2D eigenvalue weighted by atomic mass is 32.2. The molecule has 0 bridgehead atoms. The van der Waals surface area contributed by atoms with Crippen molar-refractivity contribution in [3.63, 3.8) is 0 Å². The Morgan fingerprint density at radius 2 is 1.96 bits per heavy atom. The topological polar surface area (TPSA) is 58.6 Å². The van der Waals surface area contributed by atoms with Gasteiger partial charge in [0.25, 0.3) is 5.91 Å². The van der Waals surface area contributed by atoms with E-state index in [1.54, 1.807) is 48.0 Å². The minimum Gasteiger partial charge on any atom is -0.497 e. The molecule has 6 heteroatoms. The SMILES string of the molecule is CCN(CC(=O)Nc1cccc(OC)c1)C(=O)c1cc(SC)ccc1C. The molecule has 0 radical (unpaired) electrons. The molecule has 2 amide bonds. The number of hydrogen-bond acceptors (Lipinski definition) is 4. The van der Waals surface area contributed by atoms with Crippen LogP contribution in [0.5, 0.6) is 5.75 Å². The molecule has 0 saturated carbocycles. The van der Waals surface area contributed by atoms with Crippen molar-refractivity contribution in [1.82, 2.24) is 4.90 Å². The predicted molar refractivity (Wildman–Crippen MR) is 106 cm³/mol. The first-order chi connectivity index (χ1) is 12.5. The summed E-state index contributed by atoms with van der Waals surface area (Å²) >= 11 is 1.59. The normalized spacial score (nSPS) is 10.3. The fraction of sp³-hybridized carbons (Fsp3) is 0.300. The van der Waals surface area contributed by atoms with Gasteiger partial charge in [0.1, 0.15) is 12.3 Å². The second kappa shape index (κ2) is 9.29. The highest BCUT2D eigenvalue weighted by molar-refractivity contribution is 7.98. The number of anilines is 1. The molecule has 5 nitrogen and oxygen atoms in total. The van der Waals surface area contributed by atoms with Gasteiger partial charge in [0.2, 0.25) is 5.91 Å². The minimum absolute atomic E-state index is 0.00449. The van der Waals surface area contributed by atoms with Crippen LogP contribution in [0.4, 0.5) is 5.69 Å². The lowest BCUT2D eigenvalue weighted by atomic mass is 10.1. The van der Waals surface area contributed by atoms with E-state index >= 15 is 0 Å². The van der Waals surface area contributed by atoms with Crippen LogP contribution >= 0.6 is 11.8 Å². The Balaban J connectivity index is 2.10. The van der Waals surface area contributed by atoms with E-state index in [1.165, 1.54) is 0 Å². The molecule has 2 aromatic rings. The number of carbonyl (C=O) groups excluding carboxylic acids is 2. The summed E-state index contributed by atoms with van der Waals surface area (Å²) in [7, 11) is 1.57. The van der Waals surface area contributed by atoms with Gasteiger partial charge in [0, 0.05) is 28.8 Å². The van der Waals surface area contributed by atoms with Gasteiger partial charge in [-0.05, 0) is 49.9 Å². The van der Waals surface area contributed by atoms with E-state index in [1.807, 2.05) is 38.3 Å². The molecule has 0 fully saturated rings. The fourth-order valence-corrected chi connectivity index (χ4v) is 2.97. The average Bonchev–Trinajstić information content (AvgIpc) is 2.66. The molecular weight excluding hydrogens is 348 g/mol. The molecule has 0 saturated heterocycles. The number of benzene rings is 2. The molecule has 0 heterocycles. The maximum atomic E-state index is 12.9. The quantitative estimate of drug-likeness (QED) is 0.751. The lowest BCUT2D eigenvalue weighted by Gasteiger charge is -2.21. The summed E-state index contributed by atoms with van der Waals surface area (Å²) in [6.07, 6.45) is 1.97. The van der Waals surface area contributed by atoms with Gasteiger partial charge in [-0.1, -0.05) is 12.1 Å². The van der Waals surface area contributed by atoms with Crippen LogP contribution in [0, 0.1) is 6.92 Å². The molecule has 0 spiro atoms. The zero-order valence-electron chi connectivity index (χ0n) is 15.5. The van der Waals surface area contributed by atoms with Crippen LogP contribution in [0.15, 0.2) is 47.4 Å². The van der Waals surface area contributed by atoms with Crippen LogP contribution in [-0.2, 0) is 4.79 Å². The molecule has 0 aromatic heterocycles. The number of likely N-dealkylation sites (N-methyl/N-ethyl adjacent to an activating group) is 1. The molecule has 138 valence electrons. The highest BCUT2D eigenvalue weighted by Crippen LogP contribution is 2.21. The van der Waals surface area contributed by atoms with Gasteiger partial charge in [-0.2, -0.15) is 0 Å². The Kier molecular flexibility index (Phi) is 7.09. The van der Waals surface area contributed by atoms with Crippen LogP contribution in [0.2, 0.25) is 0 Å². The highest BCUT2D eigenvalue weighted by Gasteiger charge is 2.19. The van der Waals surface area contributed by atoms with Crippen molar-refractivity contribution in [2.45, 2.75) is 18.7 Å². The van der Waals surface area contributed by atoms with Crippen LogP contribution < -0.4 is 10.1 Å². The van der Waals surface area contributed by atoms with Gasteiger partial charge in [0.15, 0.2) is 0 Å². The number of carbonyl (C=O) groups is 2. The van der Waals surface area contributed by atoms with Crippen molar-refractivity contribution in [2.24, 2.45) is 0 Å². The van der Waals surface area contributed by atoms with Gasteiger partial charge in [-0.25, -0.2) is 0 Å². The summed E-state index contributed by atoms with van der Waals surface area (Å²) < 4.78 is 5.15. The third-order valence-electron chi connectivity index (χ3n) is 4.03. The van der Waals surface area contributed by atoms with Crippen molar-refractivity contribution in [1.29, 1.82) is 0 Å². The van der Waals surface area contributed by atoms with E-state index in [0.29, 0.717) is 23.5 Å². The first-order valence-corrected chi connectivity index (χ1v) is 9.58. The molecule has 0 aliphatic heterocycles. The molecule has 0 unspecified atom stereocenters. The molecule has 1 N–H and O–H groups in total. The Labute approximate surface area is 158 Å². The summed E-state index contributed by atoms with van der Waals surface area (Å²) in [5.74, 6) is 0.282. The van der Waals surface area contributed by atoms with E-state index in [0.717, 1.165) is 10.5 Å². The first kappa shape index (κ1) is 19.8. The van der Waals surface area contributed by atoms with E-state index in [-0.39, 0.29) is 18.4 Å². The lowest BCUT2D eigenvalue weighted by Crippen LogP contribution is -2.38. The molecular formula is C20H24N2O3S. The van der Waals surface area contributed by atoms with Crippen molar-refractivity contribution in [3.8, 4) is 5.75 Å². The molecule has 0 atom stereocenters. The number of rotatable bonds is 7. The third kappa shape index (κ3) is 5.02. The second-order valence-electron chi connectivity index (χ2n) is 5.78. The maximum absolute atomic E-state index is 12.9. The average molecular weight is 372 g/mol. The fourth-order valence-electron chi connectivity index (χ4n) is 2.53. The third-order valence-corrected chi connectivity index (χ3v) is 4.76. The van der Waals surface area contributed by atoms with Crippen molar-refractivity contribution in [3.05, 3.63) is 53.6 Å². The number of amides is 2. The lowest BCUT2D eigenvalue weighted by molar-refractivity contribution is -0.116. The summed E-state index contributed by atoms with van der Waals surface area (Å²) in [4.78, 5) is 27.8. The molecule has 0 aliphatic carbocycles. The minimum atomic E-state index is -0.243. The summed E-state index contributed by atoms with van der Waals surface area (Å²) in [6.45, 7) is 4.22. The van der Waals surface area contributed by atoms with E-state index in [4.69, 9.17) is 4.74 Å². The first-order valence-electron chi connectivity index (χ1n) is 8.36. The van der Waals surface area contributed by atoms with Gasteiger partial charge in [-0.15, -0.1) is 11.8 Å². The number of nitrogens with one attached hydrogen (secondary N) is 1. The standard InChI is InChI=1S/C20H24N2O3S/c1-5-22(20(24)18-12-17(26-4)10-9-14(18)2)13-19(23)21-15-7-6-8-16(11-15)25-3/h6-12H,5,13H2,1-4H3,(H,21,23). The van der Waals surface area contributed by atoms with Crippen molar-refractivity contribution in [2.75, 3.05) is 31.8 Å². The number of methoxy groups -OCH3 is 1. The number of aryl methyl sites for hydroxylation is 1. The Hall–Kier alpha value is -2.47. The zero-order chi connectivity index (χ0) is 19.1. The Bertz CT molecular complexity index is 792. The van der Waals surface area contributed by atoms with Crippen LogP contribution in [0.1, 0.15) is 22.8 Å². The van der Waals surface area contributed by atoms with Gasteiger partial charge in [-0.3, -0.25) is 9.59 Å². The molecule has 26 heavy (non-hydrogen) atoms.